The van der Waals surface area contributed by atoms with E-state index in [0.717, 1.165) is 21.5 Å². The molecule has 0 unspecified atom stereocenters. The molecule has 186 valence electrons. The first-order valence-electron chi connectivity index (χ1n) is 11.0. The van der Waals surface area contributed by atoms with Gasteiger partial charge in [-0.1, -0.05) is 60.7 Å². The van der Waals surface area contributed by atoms with Gasteiger partial charge in [-0.05, 0) is 51.9 Å². The molecule has 37 heavy (non-hydrogen) atoms. The van der Waals surface area contributed by atoms with Crippen molar-refractivity contribution in [2.75, 3.05) is 0 Å². The maximum absolute atomic E-state index is 12.0. The summed E-state index contributed by atoms with van der Waals surface area (Å²) in [6.45, 7) is 0. The molecule has 0 saturated carbocycles. The van der Waals surface area contributed by atoms with Crippen molar-refractivity contribution in [1.29, 1.82) is 0 Å². The molecule has 7 nitrogen and oxygen atoms in total. The zero-order chi connectivity index (χ0) is 25.3. The average Bonchev–Trinajstić information content (AvgIpc) is 2.87. The Morgan fingerprint density at radius 2 is 1.14 bits per heavy atom. The van der Waals surface area contributed by atoms with Crippen LogP contribution in [0.5, 0.6) is 11.5 Å². The van der Waals surface area contributed by atoms with Crippen molar-refractivity contribution in [2.24, 2.45) is 15.1 Å². The summed E-state index contributed by atoms with van der Waals surface area (Å²) in [4.78, 5) is 8.87. The minimum absolute atomic E-state index is 0. The summed E-state index contributed by atoms with van der Waals surface area (Å²) < 4.78 is 24.0. The first-order chi connectivity index (χ1) is 17.3. The van der Waals surface area contributed by atoms with E-state index < -0.39 is 10.0 Å². The van der Waals surface area contributed by atoms with Crippen LogP contribution >= 0.6 is 0 Å². The van der Waals surface area contributed by atoms with Crippen LogP contribution in [0.15, 0.2) is 106 Å². The predicted molar refractivity (Wildman–Crippen MR) is 144 cm³/mol. The number of nitrogens with zero attached hydrogens (tertiary/aromatic N) is 2. The third-order valence-corrected chi connectivity index (χ3v) is 6.75. The second-order valence-electron chi connectivity index (χ2n) is 8.15. The molecule has 0 atom stereocenters. The quantitative estimate of drug-likeness (QED) is 0.196. The molecule has 9 heteroatoms. The van der Waals surface area contributed by atoms with Crippen LogP contribution in [-0.2, 0) is 27.1 Å². The molecule has 0 aromatic heterocycles. The van der Waals surface area contributed by atoms with Crippen molar-refractivity contribution in [2.45, 2.75) is 4.90 Å². The average molecular weight is 551 g/mol. The molecular formula is C28H21FeN3O4S. The van der Waals surface area contributed by atoms with E-state index in [-0.39, 0.29) is 39.2 Å². The number of benzene rings is 5. The fourth-order valence-corrected chi connectivity index (χ4v) is 4.53. The Labute approximate surface area is 224 Å². The molecule has 4 N–H and O–H groups in total. The van der Waals surface area contributed by atoms with E-state index in [2.05, 4.69) is 9.98 Å². The SMILES string of the molecule is NS(=O)(=O)c1ccc(N=Cc2c(O)ccc3ccccc23)c(N=Cc2c(O)ccc3ccccc23)c1.[Fe]. The van der Waals surface area contributed by atoms with Crippen molar-refractivity contribution in [3.63, 3.8) is 0 Å². The topological polar surface area (TPSA) is 125 Å². The van der Waals surface area contributed by atoms with Crippen molar-refractivity contribution in [3.8, 4) is 11.5 Å². The van der Waals surface area contributed by atoms with Gasteiger partial charge in [0, 0.05) is 40.6 Å². The molecule has 0 fully saturated rings. The number of fused-ring (bicyclic) bond motifs is 2. The van der Waals surface area contributed by atoms with Crippen LogP contribution in [-0.4, -0.2) is 31.1 Å². The molecule has 5 rings (SSSR count). The number of sulfonamides is 1. The molecule has 0 aliphatic rings. The molecule has 0 aliphatic carbocycles. The number of aliphatic imine (C=N–C) groups is 2. The predicted octanol–water partition coefficient (Wildman–Crippen LogP) is 5.55. The van der Waals surface area contributed by atoms with Gasteiger partial charge in [0.1, 0.15) is 11.5 Å². The summed E-state index contributed by atoms with van der Waals surface area (Å²) >= 11 is 0. The number of rotatable bonds is 5. The summed E-state index contributed by atoms with van der Waals surface area (Å²) in [7, 11) is -3.99. The molecular weight excluding hydrogens is 530 g/mol. The van der Waals surface area contributed by atoms with E-state index in [0.29, 0.717) is 16.8 Å². The number of phenolic OH excluding ortho intramolecular Hbond substituents is 2. The zero-order valence-corrected chi connectivity index (χ0v) is 21.2. The van der Waals surface area contributed by atoms with Crippen LogP contribution in [0.2, 0.25) is 0 Å². The van der Waals surface area contributed by atoms with Crippen LogP contribution < -0.4 is 5.14 Å². The molecule has 0 spiro atoms. The number of hydrogen-bond acceptors (Lipinski definition) is 6. The van der Waals surface area contributed by atoms with E-state index >= 15 is 0 Å². The van der Waals surface area contributed by atoms with Gasteiger partial charge in [0.05, 0.1) is 16.3 Å². The van der Waals surface area contributed by atoms with Crippen LogP contribution in [0.3, 0.4) is 0 Å². The van der Waals surface area contributed by atoms with Gasteiger partial charge in [-0.15, -0.1) is 0 Å². The summed E-state index contributed by atoms with van der Waals surface area (Å²) in [6, 6.07) is 26.1. The number of phenols is 2. The molecule has 0 bridgehead atoms. The van der Waals surface area contributed by atoms with Gasteiger partial charge >= 0.3 is 0 Å². The third kappa shape index (κ3) is 5.40. The minimum atomic E-state index is -3.99. The monoisotopic (exact) mass is 551 g/mol. The first kappa shape index (κ1) is 26.1. The zero-order valence-electron chi connectivity index (χ0n) is 19.3. The van der Waals surface area contributed by atoms with E-state index in [9.17, 15) is 18.6 Å². The van der Waals surface area contributed by atoms with E-state index in [4.69, 9.17) is 5.14 Å². The Balaban J connectivity index is 0.00000320. The van der Waals surface area contributed by atoms with Crippen LogP contribution in [0.1, 0.15) is 11.1 Å². The van der Waals surface area contributed by atoms with Gasteiger partial charge < -0.3 is 10.2 Å². The van der Waals surface area contributed by atoms with Crippen molar-refractivity contribution >= 4 is 55.4 Å². The number of primary sulfonamides is 1. The smallest absolute Gasteiger partial charge is 0.238 e. The second kappa shape index (κ2) is 10.5. The normalized spacial score (nSPS) is 11.9. The molecule has 0 saturated heterocycles. The van der Waals surface area contributed by atoms with Gasteiger partial charge in [-0.2, -0.15) is 0 Å². The maximum Gasteiger partial charge on any atom is 0.238 e. The summed E-state index contributed by atoms with van der Waals surface area (Å²) in [5, 5.41) is 29.7. The van der Waals surface area contributed by atoms with Gasteiger partial charge in [0.2, 0.25) is 10.0 Å². The molecule has 5 aromatic rings. The molecule has 5 aromatic carbocycles. The van der Waals surface area contributed by atoms with Crippen LogP contribution in [0, 0.1) is 0 Å². The Hall–Kier alpha value is -4.01. The van der Waals surface area contributed by atoms with Gasteiger partial charge in [-0.3, -0.25) is 9.98 Å². The molecule has 0 heterocycles. The first-order valence-corrected chi connectivity index (χ1v) is 12.5. The number of aromatic hydroxyl groups is 2. The van der Waals surface area contributed by atoms with Gasteiger partial charge in [-0.25, -0.2) is 13.6 Å². The van der Waals surface area contributed by atoms with Crippen LogP contribution in [0.4, 0.5) is 11.4 Å². The van der Waals surface area contributed by atoms with E-state index in [1.165, 1.54) is 30.6 Å². The largest absolute Gasteiger partial charge is 0.507 e. The van der Waals surface area contributed by atoms with Crippen molar-refractivity contribution in [3.05, 3.63) is 102 Å². The Kier molecular flexibility index (Phi) is 7.42. The van der Waals surface area contributed by atoms with Crippen molar-refractivity contribution in [1.82, 2.24) is 0 Å². The Bertz CT molecular complexity index is 1800. The summed E-state index contributed by atoms with van der Waals surface area (Å²) in [5.74, 6) is 0.0927. The van der Waals surface area contributed by atoms with Crippen LogP contribution in [0.25, 0.3) is 21.5 Å². The fraction of sp³-hybridized carbons (Fsp3) is 0. The summed E-state index contributed by atoms with van der Waals surface area (Å²) in [6.07, 6.45) is 2.98. The minimum Gasteiger partial charge on any atom is -0.507 e. The molecule has 0 aliphatic heterocycles. The summed E-state index contributed by atoms with van der Waals surface area (Å²) in [5.41, 5.74) is 1.58. The number of nitrogens with two attached hydrogens (primary N) is 1. The maximum atomic E-state index is 12.0. The standard InChI is InChI=1S/C28H21N3O4S.Fe/c29-36(34,35)20-11-12-25(30-16-23-21-7-3-1-5-18(21)9-13-27(23)32)26(15-20)31-17-24-22-8-4-2-6-19(22)10-14-28(24)33;/h1-17,32-33H,(H2,29,34,35);. The van der Waals surface area contributed by atoms with Gasteiger partial charge in [0.25, 0.3) is 0 Å². The number of hydrogen-bond donors (Lipinski definition) is 3. The molecule has 0 amide bonds. The molecule has 0 radical (unpaired) electrons. The fourth-order valence-electron chi connectivity index (χ4n) is 4.00. The Morgan fingerprint density at radius 1 is 0.649 bits per heavy atom. The van der Waals surface area contributed by atoms with E-state index in [1.807, 2.05) is 54.6 Å². The van der Waals surface area contributed by atoms with E-state index in [1.54, 1.807) is 18.2 Å². The second-order valence-corrected chi connectivity index (χ2v) is 9.71. The van der Waals surface area contributed by atoms with Crippen molar-refractivity contribution < 1.29 is 35.7 Å². The Morgan fingerprint density at radius 3 is 1.65 bits per heavy atom. The van der Waals surface area contributed by atoms with Gasteiger partial charge in [0.15, 0.2) is 0 Å². The third-order valence-electron chi connectivity index (χ3n) is 5.84.